The topological polar surface area (TPSA) is 67.6 Å². The van der Waals surface area contributed by atoms with E-state index in [0.29, 0.717) is 5.89 Å². The van der Waals surface area contributed by atoms with Crippen molar-refractivity contribution in [3.05, 3.63) is 54.7 Å². The fraction of sp³-hybridized carbons (Fsp3) is 0. The van der Waals surface area contributed by atoms with Crippen molar-refractivity contribution in [2.45, 2.75) is 0 Å². The third-order valence-electron chi connectivity index (χ3n) is 3.13. The summed E-state index contributed by atoms with van der Waals surface area (Å²) in [6, 6.07) is 15.6. The minimum Gasteiger partial charge on any atom is -0.436 e. The van der Waals surface area contributed by atoms with E-state index in [1.165, 1.54) is 0 Å². The van der Waals surface area contributed by atoms with Gasteiger partial charge in [0.05, 0.1) is 6.20 Å². The van der Waals surface area contributed by atoms with E-state index >= 15 is 0 Å². The highest BCUT2D eigenvalue weighted by Crippen LogP contribution is 2.27. The highest BCUT2D eigenvalue weighted by atomic mass is 16.4. The third-order valence-corrected chi connectivity index (χ3v) is 3.13. The molecule has 0 fully saturated rings. The Hall–Kier alpha value is -2.95. The maximum Gasteiger partial charge on any atom is 0.226 e. The Labute approximate surface area is 114 Å². The second kappa shape index (κ2) is 4.31. The fourth-order valence-electron chi connectivity index (χ4n) is 2.12. The summed E-state index contributed by atoms with van der Waals surface area (Å²) in [6.07, 6.45) is 1.73. The molecule has 0 amide bonds. The number of oxazole rings is 1. The summed E-state index contributed by atoms with van der Waals surface area (Å²) >= 11 is 0. The van der Waals surface area contributed by atoms with Gasteiger partial charge >= 0.3 is 0 Å². The van der Waals surface area contributed by atoms with Crippen LogP contribution in [-0.4, -0.2) is 20.4 Å². The first-order chi connectivity index (χ1) is 9.90. The molecule has 2 heterocycles. The minimum absolute atomic E-state index is 0.578. The molecule has 0 radical (unpaired) electrons. The van der Waals surface area contributed by atoms with Crippen LogP contribution in [0.15, 0.2) is 59.1 Å². The number of nitrogens with zero attached hydrogens (tertiary/aromatic N) is 3. The molecule has 5 nitrogen and oxygen atoms in total. The van der Waals surface area contributed by atoms with Gasteiger partial charge in [-0.2, -0.15) is 15.4 Å². The molecule has 0 aliphatic heterocycles. The highest BCUT2D eigenvalue weighted by molar-refractivity contribution is 5.79. The normalized spacial score (nSPS) is 11.0. The van der Waals surface area contributed by atoms with Crippen LogP contribution in [0.2, 0.25) is 0 Å². The summed E-state index contributed by atoms with van der Waals surface area (Å²) in [6.45, 7) is 0. The zero-order valence-corrected chi connectivity index (χ0v) is 10.4. The van der Waals surface area contributed by atoms with E-state index in [4.69, 9.17) is 4.42 Å². The molecule has 0 saturated carbocycles. The fourth-order valence-corrected chi connectivity index (χ4v) is 2.12. The van der Waals surface area contributed by atoms with Crippen molar-refractivity contribution in [3.8, 4) is 22.8 Å². The lowest BCUT2D eigenvalue weighted by Crippen LogP contribution is -1.77. The second-order valence-electron chi connectivity index (χ2n) is 4.42. The number of aromatic nitrogens is 4. The van der Waals surface area contributed by atoms with Crippen LogP contribution in [0.5, 0.6) is 0 Å². The Bertz CT molecular complexity index is 864. The number of aromatic amines is 1. The zero-order valence-electron chi connectivity index (χ0n) is 10.4. The summed E-state index contributed by atoms with van der Waals surface area (Å²) in [5.41, 5.74) is 3.51. The molecule has 96 valence electrons. The van der Waals surface area contributed by atoms with E-state index in [0.717, 1.165) is 27.9 Å². The number of hydrogen-bond acceptors (Lipinski definition) is 4. The SMILES string of the molecule is c1ccc(-c2cnc(-c3ccc4n[nH]nc4c3)o2)cc1. The van der Waals surface area contributed by atoms with E-state index < -0.39 is 0 Å². The van der Waals surface area contributed by atoms with Crippen molar-refractivity contribution in [2.24, 2.45) is 0 Å². The zero-order chi connectivity index (χ0) is 13.4. The van der Waals surface area contributed by atoms with Crippen LogP contribution in [-0.2, 0) is 0 Å². The molecule has 2 aromatic heterocycles. The molecule has 4 aromatic rings. The van der Waals surface area contributed by atoms with Gasteiger partial charge in [0.2, 0.25) is 5.89 Å². The summed E-state index contributed by atoms with van der Waals surface area (Å²) in [5.74, 6) is 1.33. The molecule has 5 heteroatoms. The van der Waals surface area contributed by atoms with Crippen LogP contribution in [0.4, 0.5) is 0 Å². The summed E-state index contributed by atoms with van der Waals surface area (Å²) in [4.78, 5) is 4.33. The van der Waals surface area contributed by atoms with E-state index in [-0.39, 0.29) is 0 Å². The molecule has 0 bridgehead atoms. The molecule has 4 rings (SSSR count). The second-order valence-corrected chi connectivity index (χ2v) is 4.42. The Kier molecular flexibility index (Phi) is 2.35. The first-order valence-electron chi connectivity index (χ1n) is 6.22. The highest BCUT2D eigenvalue weighted by Gasteiger charge is 2.09. The van der Waals surface area contributed by atoms with Crippen LogP contribution >= 0.6 is 0 Å². The van der Waals surface area contributed by atoms with Gasteiger partial charge in [0, 0.05) is 11.1 Å². The van der Waals surface area contributed by atoms with Crippen LogP contribution in [0.25, 0.3) is 33.8 Å². The largest absolute Gasteiger partial charge is 0.436 e. The Morgan fingerprint density at radius 2 is 1.70 bits per heavy atom. The molecule has 1 N–H and O–H groups in total. The molecule has 0 aliphatic rings. The number of H-pyrrole nitrogens is 1. The molecular formula is C15H10N4O. The van der Waals surface area contributed by atoms with Gasteiger partial charge in [0.1, 0.15) is 11.0 Å². The van der Waals surface area contributed by atoms with E-state index in [9.17, 15) is 0 Å². The standard InChI is InChI=1S/C15H10N4O/c1-2-4-10(5-3-1)14-9-16-15(20-14)11-6-7-12-13(8-11)18-19-17-12/h1-9H,(H,17,18,19). The van der Waals surface area contributed by atoms with Gasteiger partial charge in [0.15, 0.2) is 5.76 Å². The summed E-state index contributed by atoms with van der Waals surface area (Å²) in [7, 11) is 0. The van der Waals surface area contributed by atoms with Gasteiger partial charge in [-0.25, -0.2) is 4.98 Å². The number of nitrogens with one attached hydrogen (secondary N) is 1. The predicted molar refractivity (Wildman–Crippen MR) is 74.8 cm³/mol. The van der Waals surface area contributed by atoms with Crippen LogP contribution in [0, 0.1) is 0 Å². The number of fused-ring (bicyclic) bond motifs is 1. The van der Waals surface area contributed by atoms with Gasteiger partial charge in [-0.3, -0.25) is 0 Å². The lowest BCUT2D eigenvalue weighted by atomic mass is 10.2. The van der Waals surface area contributed by atoms with Crippen LogP contribution in [0.1, 0.15) is 0 Å². The average Bonchev–Trinajstić information content (AvgIpc) is 3.16. The van der Waals surface area contributed by atoms with E-state index in [1.54, 1.807) is 6.20 Å². The van der Waals surface area contributed by atoms with Crippen molar-refractivity contribution >= 4 is 11.0 Å². The van der Waals surface area contributed by atoms with Gasteiger partial charge < -0.3 is 4.42 Å². The van der Waals surface area contributed by atoms with Crippen molar-refractivity contribution < 1.29 is 4.42 Å². The van der Waals surface area contributed by atoms with Crippen molar-refractivity contribution in [2.75, 3.05) is 0 Å². The summed E-state index contributed by atoms with van der Waals surface area (Å²) in [5, 5.41) is 10.7. The van der Waals surface area contributed by atoms with Crippen LogP contribution < -0.4 is 0 Å². The maximum absolute atomic E-state index is 5.81. The van der Waals surface area contributed by atoms with Crippen molar-refractivity contribution in [1.82, 2.24) is 20.4 Å². The predicted octanol–water partition coefficient (Wildman–Crippen LogP) is 3.28. The number of hydrogen-bond donors (Lipinski definition) is 1. The van der Waals surface area contributed by atoms with Gasteiger partial charge in [-0.15, -0.1) is 0 Å². The quantitative estimate of drug-likeness (QED) is 0.602. The minimum atomic E-state index is 0.578. The molecule has 0 aliphatic carbocycles. The Morgan fingerprint density at radius 1 is 0.850 bits per heavy atom. The lowest BCUT2D eigenvalue weighted by Gasteiger charge is -1.96. The lowest BCUT2D eigenvalue weighted by molar-refractivity contribution is 0.589. The average molecular weight is 262 g/mol. The third kappa shape index (κ3) is 1.76. The molecule has 0 unspecified atom stereocenters. The Balaban J connectivity index is 1.77. The Morgan fingerprint density at radius 3 is 2.60 bits per heavy atom. The van der Waals surface area contributed by atoms with Gasteiger partial charge in [0.25, 0.3) is 0 Å². The van der Waals surface area contributed by atoms with E-state index in [1.807, 2.05) is 48.5 Å². The molecule has 0 saturated heterocycles. The first-order valence-corrected chi connectivity index (χ1v) is 6.22. The molecule has 20 heavy (non-hydrogen) atoms. The number of rotatable bonds is 2. The van der Waals surface area contributed by atoms with Crippen molar-refractivity contribution in [3.63, 3.8) is 0 Å². The summed E-state index contributed by atoms with van der Waals surface area (Å²) < 4.78 is 5.81. The maximum atomic E-state index is 5.81. The van der Waals surface area contributed by atoms with Gasteiger partial charge in [-0.1, -0.05) is 30.3 Å². The number of benzene rings is 2. The van der Waals surface area contributed by atoms with Gasteiger partial charge in [-0.05, 0) is 18.2 Å². The van der Waals surface area contributed by atoms with E-state index in [2.05, 4.69) is 20.4 Å². The van der Waals surface area contributed by atoms with Crippen molar-refractivity contribution in [1.29, 1.82) is 0 Å². The molecule has 0 atom stereocenters. The molecule has 0 spiro atoms. The van der Waals surface area contributed by atoms with Crippen LogP contribution in [0.3, 0.4) is 0 Å². The monoisotopic (exact) mass is 262 g/mol. The molecule has 2 aromatic carbocycles. The smallest absolute Gasteiger partial charge is 0.226 e. The molecular weight excluding hydrogens is 252 g/mol. The first kappa shape index (κ1) is 10.9.